The molecule has 0 bridgehead atoms. The minimum absolute atomic E-state index is 0.138. The maximum atomic E-state index is 3.04. The maximum Gasteiger partial charge on any atom is 0.0355 e. The first-order valence-electron chi connectivity index (χ1n) is 8.15. The predicted octanol–water partition coefficient (Wildman–Crippen LogP) is -0.623. The van der Waals surface area contributed by atoms with Crippen molar-refractivity contribution in [3.05, 3.63) is 0 Å². The zero-order chi connectivity index (χ0) is 13.9. The lowest BCUT2D eigenvalue weighted by atomic mass is 10.5. The minimum Gasteiger partial charge on any atom is -0.0765 e. The van der Waals surface area contributed by atoms with E-state index in [0.29, 0.717) is 0 Å². The predicted molar refractivity (Wildman–Crippen MR) is 112 cm³/mol. The molecule has 0 aliphatic carbocycles. The van der Waals surface area contributed by atoms with Gasteiger partial charge in [0.2, 0.25) is 0 Å². The second-order valence-corrected chi connectivity index (χ2v) is 70.3. The van der Waals surface area contributed by atoms with E-state index in [-0.39, 0.29) is 32.3 Å². The molecule has 2 rings (SSSR count). The highest BCUT2D eigenvalue weighted by Gasteiger charge is 2.63. The number of rotatable bonds is 0. The molecule has 0 spiro atoms. The molecule has 2 saturated heterocycles. The quantitative estimate of drug-likeness (QED) is 0.493. The molecule has 106 valence electrons. The average Bonchev–Trinajstić information content (AvgIpc) is 2.30. The summed E-state index contributed by atoms with van der Waals surface area (Å²) in [7, 11) is 1.65. The van der Waals surface area contributed by atoms with E-state index < -0.39 is 14.2 Å². The van der Waals surface area contributed by atoms with Crippen LogP contribution in [0.2, 0.25) is 61.7 Å². The Balaban J connectivity index is 2.45. The van der Waals surface area contributed by atoms with Gasteiger partial charge in [-0.15, -0.1) is 0 Å². The van der Waals surface area contributed by atoms with Crippen molar-refractivity contribution >= 4 is 67.0 Å². The SMILES string of the molecule is C[SiH]1C[Si]2(C)CC([SiH3])C([SiH3])[SiH](C)[Si]2(C)[SiH](C)[SiH]1C. The summed E-state index contributed by atoms with van der Waals surface area (Å²) >= 11 is 0. The first kappa shape index (κ1) is 16.1. The molecule has 0 nitrogen and oxygen atoms in total. The highest BCUT2D eigenvalue weighted by molar-refractivity contribution is 7.96. The van der Waals surface area contributed by atoms with Crippen molar-refractivity contribution in [2.24, 2.45) is 0 Å². The molecule has 2 fully saturated rings. The molecule has 8 unspecified atom stereocenters. The fourth-order valence-electron chi connectivity index (χ4n) is 5.91. The van der Waals surface area contributed by atoms with Crippen molar-refractivity contribution in [3.63, 3.8) is 0 Å². The smallest absolute Gasteiger partial charge is 0.0355 e. The third-order valence-electron chi connectivity index (χ3n) is 8.11. The van der Waals surface area contributed by atoms with Gasteiger partial charge in [0.1, 0.15) is 0 Å². The topological polar surface area (TPSA) is 0 Å². The molecule has 2 aliphatic heterocycles. The molecular weight excluding hydrogens is 345 g/mol. The van der Waals surface area contributed by atoms with Gasteiger partial charge in [-0.2, -0.15) is 0 Å². The van der Waals surface area contributed by atoms with E-state index in [0.717, 1.165) is 0 Å². The van der Waals surface area contributed by atoms with Crippen LogP contribution in [0, 0.1) is 0 Å². The molecule has 8 atom stereocenters. The van der Waals surface area contributed by atoms with Gasteiger partial charge in [-0.1, -0.05) is 61.7 Å². The van der Waals surface area contributed by atoms with Crippen molar-refractivity contribution in [3.8, 4) is 0 Å². The van der Waals surface area contributed by atoms with Crippen molar-refractivity contribution in [1.82, 2.24) is 0 Å². The van der Waals surface area contributed by atoms with Crippen molar-refractivity contribution in [2.75, 3.05) is 0 Å². The lowest BCUT2D eigenvalue weighted by Gasteiger charge is -2.63. The average molecular weight is 379 g/mol. The Kier molecular flexibility index (Phi) is 4.63. The first-order valence-corrected chi connectivity index (χ1v) is 31.9. The summed E-state index contributed by atoms with van der Waals surface area (Å²) in [5, 5.41) is 1.39. The molecule has 0 aromatic rings. The van der Waals surface area contributed by atoms with Crippen LogP contribution in [0.3, 0.4) is 0 Å². The largest absolute Gasteiger partial charge is 0.0765 e. The van der Waals surface area contributed by atoms with Gasteiger partial charge >= 0.3 is 0 Å². The van der Waals surface area contributed by atoms with E-state index in [9.17, 15) is 0 Å². The summed E-state index contributed by atoms with van der Waals surface area (Å²) in [6.45, 7) is 16.9. The van der Waals surface area contributed by atoms with Crippen LogP contribution in [-0.4, -0.2) is 67.0 Å². The van der Waals surface area contributed by atoms with Crippen molar-refractivity contribution in [1.29, 1.82) is 0 Å². The van der Waals surface area contributed by atoms with Crippen LogP contribution in [0.1, 0.15) is 0 Å². The van der Waals surface area contributed by atoms with Crippen LogP contribution in [-0.2, 0) is 0 Å². The Labute approximate surface area is 128 Å². The highest BCUT2D eigenvalue weighted by atomic mass is 30.1. The van der Waals surface area contributed by atoms with Gasteiger partial charge in [0, 0.05) is 67.0 Å². The second kappa shape index (κ2) is 5.18. The van der Waals surface area contributed by atoms with Gasteiger partial charge in [0.25, 0.3) is 0 Å². The van der Waals surface area contributed by atoms with Gasteiger partial charge in [0.05, 0.1) is 0 Å². The maximum absolute atomic E-state index is 3.04. The highest BCUT2D eigenvalue weighted by Crippen LogP contribution is 2.49. The fraction of sp³-hybridized carbons (Fsp3) is 1.00. The fourth-order valence-corrected chi connectivity index (χ4v) is 213. The molecule has 2 heterocycles. The zero-order valence-corrected chi connectivity index (χ0v) is 24.5. The summed E-state index contributed by atoms with van der Waals surface area (Å²) < 4.78 is 0. The van der Waals surface area contributed by atoms with E-state index >= 15 is 0 Å². The van der Waals surface area contributed by atoms with Gasteiger partial charge in [0.15, 0.2) is 0 Å². The summed E-state index contributed by atoms with van der Waals surface area (Å²) in [5.41, 5.74) is 3.26. The summed E-state index contributed by atoms with van der Waals surface area (Å²) in [4.78, 5) is 0. The van der Waals surface area contributed by atoms with E-state index in [1.54, 1.807) is 20.5 Å². The third kappa shape index (κ3) is 2.09. The normalized spacial score (nSPS) is 61.7. The lowest BCUT2D eigenvalue weighted by molar-refractivity contribution is 0.967. The second-order valence-electron chi connectivity index (χ2n) is 8.50. The Bertz CT molecular complexity index is 310. The van der Waals surface area contributed by atoms with Crippen LogP contribution in [0.5, 0.6) is 0 Å². The molecule has 0 aromatic heterocycles. The van der Waals surface area contributed by atoms with Crippen molar-refractivity contribution in [2.45, 2.75) is 61.7 Å². The Morgan fingerprint density at radius 3 is 2.17 bits per heavy atom. The van der Waals surface area contributed by atoms with E-state index in [1.807, 2.05) is 11.7 Å². The Morgan fingerprint density at radius 1 is 1.06 bits per heavy atom. The molecule has 0 N–H and O–H groups in total. The monoisotopic (exact) mass is 378 g/mol. The molecule has 0 aromatic carbocycles. The van der Waals surface area contributed by atoms with Crippen LogP contribution in [0.15, 0.2) is 0 Å². The lowest BCUT2D eigenvalue weighted by Crippen LogP contribution is -2.85. The van der Waals surface area contributed by atoms with Gasteiger partial charge in [-0.3, -0.25) is 0 Å². The molecule has 18 heavy (non-hydrogen) atoms. The summed E-state index contributed by atoms with van der Waals surface area (Å²) in [6.07, 6.45) is 0. The molecule has 0 amide bonds. The molecule has 2 aliphatic rings. The van der Waals surface area contributed by atoms with E-state index in [2.05, 4.69) is 39.3 Å². The van der Waals surface area contributed by atoms with Crippen LogP contribution in [0.4, 0.5) is 0 Å². The zero-order valence-electron chi connectivity index (χ0n) is 13.9. The Hall–Kier alpha value is 1.74. The minimum atomic E-state index is -0.698. The van der Waals surface area contributed by atoms with Crippen molar-refractivity contribution < 1.29 is 0 Å². The molecular formula is C10H34Si8. The molecule has 0 radical (unpaired) electrons. The number of fused-ring (bicyclic) bond motifs is 1. The molecule has 8 heteroatoms. The summed E-state index contributed by atoms with van der Waals surface area (Å²) in [6, 6.07) is 1.86. The van der Waals surface area contributed by atoms with Crippen LogP contribution < -0.4 is 0 Å². The van der Waals surface area contributed by atoms with Gasteiger partial charge < -0.3 is 0 Å². The van der Waals surface area contributed by atoms with Crippen LogP contribution >= 0.6 is 0 Å². The van der Waals surface area contributed by atoms with E-state index in [4.69, 9.17) is 0 Å². The standard InChI is InChI=1S/C10H34Si8/c1-13-8-17(5)7-9(11)10(12)14(2)18(17,6)16(4)15(13)3/h9-10,13-16H,7-8H2,1-6,11-12H3. The van der Waals surface area contributed by atoms with E-state index in [1.165, 1.54) is 10.7 Å². The number of hydrogen-bond donors (Lipinski definition) is 0. The third-order valence-corrected chi connectivity index (χ3v) is 136. The number of hydrogen-bond acceptors (Lipinski definition) is 0. The molecule has 0 saturated carbocycles. The van der Waals surface area contributed by atoms with Gasteiger partial charge in [-0.25, -0.2) is 0 Å². The van der Waals surface area contributed by atoms with Gasteiger partial charge in [-0.05, 0) is 0 Å². The Morgan fingerprint density at radius 2 is 1.61 bits per heavy atom. The first-order chi connectivity index (χ1) is 8.15. The van der Waals surface area contributed by atoms with Crippen LogP contribution in [0.25, 0.3) is 0 Å². The summed E-state index contributed by atoms with van der Waals surface area (Å²) in [5.74, 6) is 0.